The third-order valence-corrected chi connectivity index (χ3v) is 5.37. The van der Waals surface area contributed by atoms with Crippen molar-refractivity contribution in [3.05, 3.63) is 89.5 Å². The zero-order valence-corrected chi connectivity index (χ0v) is 17.4. The van der Waals surface area contributed by atoms with E-state index in [0.29, 0.717) is 22.7 Å². The van der Waals surface area contributed by atoms with Crippen LogP contribution in [0.2, 0.25) is 0 Å². The van der Waals surface area contributed by atoms with Crippen LogP contribution < -0.4 is 15.4 Å². The fourth-order valence-electron chi connectivity index (χ4n) is 3.74. The minimum atomic E-state index is -0.284. The quantitative estimate of drug-likeness (QED) is 0.640. The van der Waals surface area contributed by atoms with E-state index >= 15 is 0 Å². The van der Waals surface area contributed by atoms with Gasteiger partial charge < -0.3 is 15.4 Å². The number of anilines is 2. The van der Waals surface area contributed by atoms with E-state index in [9.17, 15) is 9.59 Å². The number of ether oxygens (including phenoxy) is 1. The molecule has 3 aromatic rings. The molecule has 0 atom stereocenters. The summed E-state index contributed by atoms with van der Waals surface area (Å²) in [5.74, 6) is 0.294. The lowest BCUT2D eigenvalue weighted by molar-refractivity contribution is -0.117. The number of carbonyl (C=O) groups excluding carboxylic acids is 2. The van der Waals surface area contributed by atoms with Gasteiger partial charge in [-0.25, -0.2) is 0 Å². The van der Waals surface area contributed by atoms with Crippen molar-refractivity contribution in [2.75, 3.05) is 30.8 Å². The average Bonchev–Trinajstić information content (AvgIpc) is 2.79. The number of benzene rings is 3. The smallest absolute Gasteiger partial charge is 0.257 e. The highest BCUT2D eigenvalue weighted by Gasteiger charge is 2.19. The van der Waals surface area contributed by atoms with Crippen LogP contribution >= 0.6 is 0 Å². The molecule has 0 saturated carbocycles. The lowest BCUT2D eigenvalue weighted by Crippen LogP contribution is -2.37. The third kappa shape index (κ3) is 5.10. The van der Waals surface area contributed by atoms with E-state index in [1.807, 2.05) is 6.07 Å². The zero-order valence-electron chi connectivity index (χ0n) is 17.4. The van der Waals surface area contributed by atoms with E-state index in [1.165, 1.54) is 11.1 Å². The van der Waals surface area contributed by atoms with Crippen LogP contribution in [0, 0.1) is 0 Å². The number of amides is 2. The number of hydrogen-bond acceptors (Lipinski definition) is 4. The summed E-state index contributed by atoms with van der Waals surface area (Å²) < 4.78 is 5.14. The number of para-hydroxylation sites is 1. The van der Waals surface area contributed by atoms with Gasteiger partial charge in [0.05, 0.1) is 24.9 Å². The molecule has 0 bridgehead atoms. The molecule has 0 saturated heterocycles. The van der Waals surface area contributed by atoms with Crippen LogP contribution in [0.1, 0.15) is 21.5 Å². The summed E-state index contributed by atoms with van der Waals surface area (Å²) in [6.45, 7) is 1.87. The van der Waals surface area contributed by atoms with Gasteiger partial charge in [-0.1, -0.05) is 36.4 Å². The van der Waals surface area contributed by atoms with Crippen molar-refractivity contribution in [1.82, 2.24) is 4.90 Å². The van der Waals surface area contributed by atoms with Crippen LogP contribution in [0.3, 0.4) is 0 Å². The average molecular weight is 415 g/mol. The van der Waals surface area contributed by atoms with E-state index in [-0.39, 0.29) is 18.4 Å². The second kappa shape index (κ2) is 9.45. The van der Waals surface area contributed by atoms with Crippen molar-refractivity contribution in [1.29, 1.82) is 0 Å². The normalized spacial score (nSPS) is 13.2. The highest BCUT2D eigenvalue weighted by atomic mass is 16.5. The number of fused-ring (bicyclic) bond motifs is 1. The Hall–Kier alpha value is -3.64. The molecule has 6 heteroatoms. The minimum Gasteiger partial charge on any atom is -0.497 e. The molecule has 31 heavy (non-hydrogen) atoms. The van der Waals surface area contributed by atoms with Crippen LogP contribution in [-0.2, 0) is 17.8 Å². The Balaban J connectivity index is 1.40. The van der Waals surface area contributed by atoms with Crippen LogP contribution in [0.5, 0.6) is 5.75 Å². The van der Waals surface area contributed by atoms with Crippen molar-refractivity contribution in [3.63, 3.8) is 0 Å². The fourth-order valence-corrected chi connectivity index (χ4v) is 3.74. The monoisotopic (exact) mass is 415 g/mol. The second-order valence-electron chi connectivity index (χ2n) is 7.51. The maximum atomic E-state index is 12.8. The Morgan fingerprint density at radius 1 is 0.903 bits per heavy atom. The summed E-state index contributed by atoms with van der Waals surface area (Å²) in [7, 11) is 1.59. The molecular formula is C25H25N3O3. The standard InChI is InChI=1S/C25H25N3O3/c1-31-21-12-10-20(11-13-21)26-25(30)22-8-4-5-9-23(22)27-24(29)17-28-15-14-18-6-2-3-7-19(18)16-28/h2-13H,14-17H2,1H3,(H,26,30)(H,27,29). The van der Waals surface area contributed by atoms with Gasteiger partial charge in [-0.2, -0.15) is 0 Å². The highest BCUT2D eigenvalue weighted by Crippen LogP contribution is 2.21. The van der Waals surface area contributed by atoms with Crippen LogP contribution in [0.25, 0.3) is 0 Å². The molecule has 6 nitrogen and oxygen atoms in total. The first-order valence-corrected chi connectivity index (χ1v) is 10.3. The predicted octanol–water partition coefficient (Wildman–Crippen LogP) is 3.94. The van der Waals surface area contributed by atoms with Crippen molar-refractivity contribution in [2.24, 2.45) is 0 Å². The molecule has 4 rings (SSSR count). The first-order chi connectivity index (χ1) is 15.1. The van der Waals surface area contributed by atoms with Gasteiger partial charge in [-0.05, 0) is 53.9 Å². The molecule has 1 aliphatic rings. The molecule has 158 valence electrons. The number of nitrogens with zero attached hydrogens (tertiary/aromatic N) is 1. The fraction of sp³-hybridized carbons (Fsp3) is 0.200. The van der Waals surface area contributed by atoms with Crippen molar-refractivity contribution in [2.45, 2.75) is 13.0 Å². The lowest BCUT2D eigenvalue weighted by Gasteiger charge is -2.28. The summed E-state index contributed by atoms with van der Waals surface area (Å²) in [5, 5.41) is 5.76. The molecule has 0 aromatic heterocycles. The van der Waals surface area contributed by atoms with Gasteiger partial charge in [0.25, 0.3) is 5.91 Å². The SMILES string of the molecule is COc1ccc(NC(=O)c2ccccc2NC(=O)CN2CCc3ccccc3C2)cc1. The van der Waals surface area contributed by atoms with Crippen molar-refractivity contribution >= 4 is 23.2 Å². The van der Waals surface area contributed by atoms with E-state index in [4.69, 9.17) is 4.74 Å². The van der Waals surface area contributed by atoms with Crippen LogP contribution in [0.15, 0.2) is 72.8 Å². The van der Waals surface area contributed by atoms with Gasteiger partial charge >= 0.3 is 0 Å². The summed E-state index contributed by atoms with van der Waals surface area (Å²) in [4.78, 5) is 27.6. The molecule has 1 aliphatic heterocycles. The summed E-state index contributed by atoms with van der Waals surface area (Å²) in [6, 6.07) is 22.4. The Kier molecular flexibility index (Phi) is 6.29. The summed E-state index contributed by atoms with van der Waals surface area (Å²) in [5.41, 5.74) is 4.17. The maximum Gasteiger partial charge on any atom is 0.257 e. The third-order valence-electron chi connectivity index (χ3n) is 5.37. The Labute approximate surface area is 181 Å². The Morgan fingerprint density at radius 2 is 1.61 bits per heavy atom. The molecule has 0 fully saturated rings. The van der Waals surface area contributed by atoms with Gasteiger partial charge in [0.15, 0.2) is 0 Å². The van der Waals surface area contributed by atoms with Gasteiger partial charge in [-0.15, -0.1) is 0 Å². The van der Waals surface area contributed by atoms with E-state index in [2.05, 4.69) is 33.7 Å². The van der Waals surface area contributed by atoms with Gasteiger partial charge in [0.1, 0.15) is 5.75 Å². The molecule has 2 N–H and O–H groups in total. The second-order valence-corrected chi connectivity index (χ2v) is 7.51. The van der Waals surface area contributed by atoms with Gasteiger partial charge in [0.2, 0.25) is 5.91 Å². The number of hydrogen-bond donors (Lipinski definition) is 2. The Morgan fingerprint density at radius 3 is 2.39 bits per heavy atom. The molecule has 0 radical (unpaired) electrons. The molecule has 0 spiro atoms. The largest absolute Gasteiger partial charge is 0.497 e. The van der Waals surface area contributed by atoms with Crippen molar-refractivity contribution in [3.8, 4) is 5.75 Å². The molecule has 0 unspecified atom stereocenters. The predicted molar refractivity (Wildman–Crippen MR) is 121 cm³/mol. The lowest BCUT2D eigenvalue weighted by atomic mass is 10.00. The molecule has 3 aromatic carbocycles. The first kappa shape index (κ1) is 20.6. The van der Waals surface area contributed by atoms with Crippen LogP contribution in [0.4, 0.5) is 11.4 Å². The van der Waals surface area contributed by atoms with Gasteiger partial charge in [-0.3, -0.25) is 14.5 Å². The number of rotatable bonds is 6. The van der Waals surface area contributed by atoms with E-state index in [0.717, 1.165) is 19.5 Å². The zero-order chi connectivity index (χ0) is 21.6. The maximum absolute atomic E-state index is 12.8. The number of carbonyl (C=O) groups is 2. The Bertz CT molecular complexity index is 1080. The molecule has 2 amide bonds. The summed E-state index contributed by atoms with van der Waals surface area (Å²) in [6.07, 6.45) is 0.935. The topological polar surface area (TPSA) is 70.7 Å². The van der Waals surface area contributed by atoms with Crippen molar-refractivity contribution < 1.29 is 14.3 Å². The first-order valence-electron chi connectivity index (χ1n) is 10.3. The van der Waals surface area contributed by atoms with Crippen LogP contribution in [-0.4, -0.2) is 36.9 Å². The van der Waals surface area contributed by atoms with E-state index in [1.54, 1.807) is 55.6 Å². The van der Waals surface area contributed by atoms with E-state index < -0.39 is 0 Å². The minimum absolute atomic E-state index is 0.135. The molecular weight excluding hydrogens is 390 g/mol. The summed E-state index contributed by atoms with van der Waals surface area (Å²) >= 11 is 0. The highest BCUT2D eigenvalue weighted by molar-refractivity contribution is 6.10. The molecule has 1 heterocycles. The number of nitrogens with one attached hydrogen (secondary N) is 2. The molecule has 0 aliphatic carbocycles. The van der Waals surface area contributed by atoms with Gasteiger partial charge in [0, 0.05) is 18.8 Å². The number of methoxy groups -OCH3 is 1.